The van der Waals surface area contributed by atoms with E-state index < -0.39 is 0 Å². The number of hydrogen-bond donors (Lipinski definition) is 2. The third kappa shape index (κ3) is 2.86. The summed E-state index contributed by atoms with van der Waals surface area (Å²) in [5.41, 5.74) is 0. The highest BCUT2D eigenvalue weighted by Gasteiger charge is 2.20. The van der Waals surface area contributed by atoms with Gasteiger partial charge in [-0.05, 0) is 51.9 Å². The van der Waals surface area contributed by atoms with Gasteiger partial charge < -0.3 is 15.1 Å². The Morgan fingerprint density at radius 1 is 1.50 bits per heavy atom. The minimum Gasteiger partial charge on any atom is -0.465 e. The first kappa shape index (κ1) is 11.7. The highest BCUT2D eigenvalue weighted by Crippen LogP contribution is 2.23. The van der Waals surface area contributed by atoms with Crippen LogP contribution < -0.4 is 10.6 Å². The summed E-state index contributed by atoms with van der Waals surface area (Å²) >= 11 is 0. The van der Waals surface area contributed by atoms with E-state index in [1.54, 1.807) is 0 Å². The monoisotopic (exact) mass is 222 g/mol. The van der Waals surface area contributed by atoms with Crippen LogP contribution in [0.4, 0.5) is 0 Å². The van der Waals surface area contributed by atoms with Gasteiger partial charge in [0.25, 0.3) is 0 Å². The topological polar surface area (TPSA) is 37.2 Å². The molecule has 0 saturated carbocycles. The third-order valence-corrected chi connectivity index (χ3v) is 3.39. The normalized spacial score (nSPS) is 23.2. The highest BCUT2D eigenvalue weighted by atomic mass is 16.3. The summed E-state index contributed by atoms with van der Waals surface area (Å²) in [7, 11) is 2.01. The molecule has 3 heteroatoms. The van der Waals surface area contributed by atoms with E-state index in [9.17, 15) is 0 Å². The minimum absolute atomic E-state index is 0.337. The molecule has 0 aromatic carbocycles. The van der Waals surface area contributed by atoms with Crippen molar-refractivity contribution in [1.29, 1.82) is 0 Å². The summed E-state index contributed by atoms with van der Waals surface area (Å²) < 4.78 is 5.69. The SMILES string of the molecule is CNC(CC1CCCCN1)c1ccc(C)o1. The van der Waals surface area contributed by atoms with Gasteiger partial charge in [0.2, 0.25) is 0 Å². The lowest BCUT2D eigenvalue weighted by Crippen LogP contribution is -2.37. The molecule has 0 bridgehead atoms. The maximum Gasteiger partial charge on any atom is 0.121 e. The molecule has 0 spiro atoms. The Balaban J connectivity index is 1.94. The van der Waals surface area contributed by atoms with Gasteiger partial charge in [-0.3, -0.25) is 0 Å². The van der Waals surface area contributed by atoms with Crippen LogP contribution in [0.25, 0.3) is 0 Å². The van der Waals surface area contributed by atoms with Crippen molar-refractivity contribution in [2.45, 2.75) is 44.7 Å². The first-order chi connectivity index (χ1) is 7.79. The van der Waals surface area contributed by atoms with E-state index >= 15 is 0 Å². The molecule has 1 fully saturated rings. The summed E-state index contributed by atoms with van der Waals surface area (Å²) in [4.78, 5) is 0. The number of piperidine rings is 1. The zero-order chi connectivity index (χ0) is 11.4. The van der Waals surface area contributed by atoms with E-state index in [2.05, 4.69) is 16.7 Å². The van der Waals surface area contributed by atoms with Gasteiger partial charge in [0, 0.05) is 6.04 Å². The molecule has 2 N–H and O–H groups in total. The maximum atomic E-state index is 5.69. The molecule has 3 nitrogen and oxygen atoms in total. The molecule has 2 unspecified atom stereocenters. The number of furan rings is 1. The van der Waals surface area contributed by atoms with Crippen LogP contribution in [0.2, 0.25) is 0 Å². The number of nitrogens with one attached hydrogen (secondary N) is 2. The highest BCUT2D eigenvalue weighted by molar-refractivity contribution is 5.10. The van der Waals surface area contributed by atoms with E-state index in [4.69, 9.17) is 4.42 Å². The van der Waals surface area contributed by atoms with Gasteiger partial charge in [0.05, 0.1) is 6.04 Å². The average molecular weight is 222 g/mol. The summed E-state index contributed by atoms with van der Waals surface area (Å²) in [6.07, 6.45) is 5.08. The second-order valence-corrected chi connectivity index (χ2v) is 4.67. The molecule has 1 aliphatic rings. The molecule has 90 valence electrons. The Bertz CT molecular complexity index is 315. The van der Waals surface area contributed by atoms with Crippen molar-refractivity contribution in [3.05, 3.63) is 23.7 Å². The molecule has 1 aromatic heterocycles. The lowest BCUT2D eigenvalue weighted by molar-refractivity contribution is 0.319. The minimum atomic E-state index is 0.337. The van der Waals surface area contributed by atoms with E-state index in [0.29, 0.717) is 12.1 Å². The quantitative estimate of drug-likeness (QED) is 0.821. The van der Waals surface area contributed by atoms with E-state index in [-0.39, 0.29) is 0 Å². The van der Waals surface area contributed by atoms with Crippen LogP contribution in [-0.4, -0.2) is 19.6 Å². The van der Waals surface area contributed by atoms with Crippen LogP contribution in [0.15, 0.2) is 16.5 Å². The van der Waals surface area contributed by atoms with Crippen molar-refractivity contribution < 1.29 is 4.42 Å². The summed E-state index contributed by atoms with van der Waals surface area (Å²) in [5.74, 6) is 2.05. The molecular formula is C13H22N2O. The number of rotatable bonds is 4. The molecule has 2 heterocycles. The average Bonchev–Trinajstić information content (AvgIpc) is 2.74. The van der Waals surface area contributed by atoms with Gasteiger partial charge in [-0.15, -0.1) is 0 Å². The third-order valence-electron chi connectivity index (χ3n) is 3.39. The Kier molecular flexibility index (Phi) is 4.02. The van der Waals surface area contributed by atoms with Crippen LogP contribution in [0.1, 0.15) is 43.2 Å². The summed E-state index contributed by atoms with van der Waals surface area (Å²) in [6, 6.07) is 5.09. The molecule has 0 aliphatic carbocycles. The van der Waals surface area contributed by atoms with Gasteiger partial charge in [-0.25, -0.2) is 0 Å². The Morgan fingerprint density at radius 3 is 2.94 bits per heavy atom. The molecule has 16 heavy (non-hydrogen) atoms. The zero-order valence-corrected chi connectivity index (χ0v) is 10.3. The predicted octanol–water partition coefficient (Wildman–Crippen LogP) is 2.38. The van der Waals surface area contributed by atoms with Gasteiger partial charge in [0.1, 0.15) is 11.5 Å². The van der Waals surface area contributed by atoms with Crippen molar-refractivity contribution in [1.82, 2.24) is 10.6 Å². The smallest absolute Gasteiger partial charge is 0.121 e. The van der Waals surface area contributed by atoms with E-state index in [1.807, 2.05) is 20.0 Å². The second kappa shape index (κ2) is 5.51. The first-order valence-electron chi connectivity index (χ1n) is 6.26. The lowest BCUT2D eigenvalue weighted by atomic mass is 9.97. The molecule has 2 atom stereocenters. The van der Waals surface area contributed by atoms with Crippen molar-refractivity contribution in [2.75, 3.05) is 13.6 Å². The van der Waals surface area contributed by atoms with Gasteiger partial charge in [0.15, 0.2) is 0 Å². The number of hydrogen-bond acceptors (Lipinski definition) is 3. The van der Waals surface area contributed by atoms with E-state index in [1.165, 1.54) is 19.3 Å². The molecule has 1 aromatic rings. The predicted molar refractivity (Wildman–Crippen MR) is 65.5 cm³/mol. The second-order valence-electron chi connectivity index (χ2n) is 4.67. The molecule has 0 amide bonds. The summed E-state index contributed by atoms with van der Waals surface area (Å²) in [5, 5.41) is 6.92. The van der Waals surface area contributed by atoms with Gasteiger partial charge >= 0.3 is 0 Å². The van der Waals surface area contributed by atoms with Crippen LogP contribution in [0.5, 0.6) is 0 Å². The van der Waals surface area contributed by atoms with Crippen molar-refractivity contribution >= 4 is 0 Å². The maximum absolute atomic E-state index is 5.69. The lowest BCUT2D eigenvalue weighted by Gasteiger charge is -2.26. The Morgan fingerprint density at radius 2 is 2.38 bits per heavy atom. The fourth-order valence-corrected chi connectivity index (χ4v) is 2.43. The summed E-state index contributed by atoms with van der Waals surface area (Å²) in [6.45, 7) is 3.16. The fourth-order valence-electron chi connectivity index (χ4n) is 2.43. The van der Waals surface area contributed by atoms with Crippen molar-refractivity contribution in [2.24, 2.45) is 0 Å². The van der Waals surface area contributed by atoms with Gasteiger partial charge in [-0.2, -0.15) is 0 Å². The van der Waals surface area contributed by atoms with Crippen molar-refractivity contribution in [3.63, 3.8) is 0 Å². The van der Waals surface area contributed by atoms with Gasteiger partial charge in [-0.1, -0.05) is 6.42 Å². The fraction of sp³-hybridized carbons (Fsp3) is 0.692. The van der Waals surface area contributed by atoms with Crippen molar-refractivity contribution in [3.8, 4) is 0 Å². The van der Waals surface area contributed by atoms with E-state index in [0.717, 1.165) is 24.5 Å². The molecule has 1 saturated heterocycles. The molecule has 0 radical (unpaired) electrons. The zero-order valence-electron chi connectivity index (χ0n) is 10.3. The molecule has 1 aliphatic heterocycles. The standard InChI is InChI=1S/C13H22N2O/c1-10-6-7-13(16-10)12(14-2)9-11-5-3-4-8-15-11/h6-7,11-12,14-15H,3-5,8-9H2,1-2H3. The number of aryl methyl sites for hydroxylation is 1. The van der Waals surface area contributed by atoms with Crippen LogP contribution in [0.3, 0.4) is 0 Å². The van der Waals surface area contributed by atoms with Crippen LogP contribution in [0, 0.1) is 6.92 Å². The Labute approximate surface area is 97.6 Å². The van der Waals surface area contributed by atoms with Crippen LogP contribution >= 0.6 is 0 Å². The molecular weight excluding hydrogens is 200 g/mol. The van der Waals surface area contributed by atoms with Crippen LogP contribution in [-0.2, 0) is 0 Å². The Hall–Kier alpha value is -0.800. The first-order valence-corrected chi connectivity index (χ1v) is 6.26. The largest absolute Gasteiger partial charge is 0.465 e. The molecule has 2 rings (SSSR count).